The zero-order chi connectivity index (χ0) is 16.7. The summed E-state index contributed by atoms with van der Waals surface area (Å²) in [4.78, 5) is 0. The standard InChI is InChI=1S/C20H21FN2O/c1-23-19-10-8-16(24-2)12-18(19)17-9-7-15(11-20(17)23)22-14-5-3-13(21)4-6-14/h3-7,9,11,16,22H,8,10,12H2,1-2H3. The van der Waals surface area contributed by atoms with Crippen LogP contribution in [0.4, 0.5) is 15.8 Å². The molecule has 1 aliphatic rings. The molecule has 0 fully saturated rings. The highest BCUT2D eigenvalue weighted by molar-refractivity contribution is 5.89. The summed E-state index contributed by atoms with van der Waals surface area (Å²) in [5, 5.41) is 4.65. The van der Waals surface area contributed by atoms with Gasteiger partial charge in [-0.15, -0.1) is 0 Å². The van der Waals surface area contributed by atoms with Gasteiger partial charge in [0.05, 0.1) is 11.6 Å². The maximum absolute atomic E-state index is 13.0. The van der Waals surface area contributed by atoms with Crippen molar-refractivity contribution in [1.82, 2.24) is 4.57 Å². The molecule has 0 radical (unpaired) electrons. The minimum absolute atomic E-state index is 0.223. The third kappa shape index (κ3) is 2.57. The molecule has 1 atom stereocenters. The van der Waals surface area contributed by atoms with Crippen LogP contribution in [-0.4, -0.2) is 17.8 Å². The molecule has 2 aromatic carbocycles. The number of fused-ring (bicyclic) bond motifs is 3. The molecule has 1 unspecified atom stereocenters. The minimum atomic E-state index is -0.223. The predicted octanol–water partition coefficient (Wildman–Crippen LogP) is 4.56. The molecule has 0 amide bonds. The number of rotatable bonds is 3. The van der Waals surface area contributed by atoms with Crippen LogP contribution in [0.15, 0.2) is 42.5 Å². The van der Waals surface area contributed by atoms with Gasteiger partial charge >= 0.3 is 0 Å². The van der Waals surface area contributed by atoms with Gasteiger partial charge < -0.3 is 14.6 Å². The van der Waals surface area contributed by atoms with Gasteiger partial charge in [-0.05, 0) is 54.8 Å². The van der Waals surface area contributed by atoms with Gasteiger partial charge in [0, 0.05) is 43.0 Å². The van der Waals surface area contributed by atoms with E-state index in [2.05, 4.69) is 35.1 Å². The van der Waals surface area contributed by atoms with Crippen LogP contribution in [0.5, 0.6) is 0 Å². The smallest absolute Gasteiger partial charge is 0.123 e. The summed E-state index contributed by atoms with van der Waals surface area (Å²) in [5.74, 6) is -0.223. The molecule has 1 heterocycles. The molecule has 24 heavy (non-hydrogen) atoms. The number of ether oxygens (including phenoxy) is 1. The molecule has 4 heteroatoms. The number of nitrogens with zero attached hydrogens (tertiary/aromatic N) is 1. The zero-order valence-corrected chi connectivity index (χ0v) is 14.0. The van der Waals surface area contributed by atoms with Gasteiger partial charge in [-0.3, -0.25) is 0 Å². The first-order valence-electron chi connectivity index (χ1n) is 8.31. The highest BCUT2D eigenvalue weighted by Gasteiger charge is 2.24. The number of nitrogens with one attached hydrogen (secondary N) is 1. The molecule has 0 spiro atoms. The van der Waals surface area contributed by atoms with Crippen molar-refractivity contribution in [1.29, 1.82) is 0 Å². The maximum Gasteiger partial charge on any atom is 0.123 e. The van der Waals surface area contributed by atoms with Crippen molar-refractivity contribution in [3.05, 3.63) is 59.5 Å². The van der Waals surface area contributed by atoms with E-state index in [1.165, 1.54) is 34.3 Å². The van der Waals surface area contributed by atoms with Crippen molar-refractivity contribution in [3.8, 4) is 0 Å². The second-order valence-electron chi connectivity index (χ2n) is 6.45. The van der Waals surface area contributed by atoms with E-state index < -0.39 is 0 Å². The average molecular weight is 324 g/mol. The number of hydrogen-bond acceptors (Lipinski definition) is 2. The summed E-state index contributed by atoms with van der Waals surface area (Å²) >= 11 is 0. The second-order valence-corrected chi connectivity index (χ2v) is 6.45. The molecule has 0 bridgehead atoms. The number of halogens is 1. The first-order chi connectivity index (χ1) is 11.7. The minimum Gasteiger partial charge on any atom is -0.381 e. The van der Waals surface area contributed by atoms with E-state index in [1.54, 1.807) is 19.2 Å². The van der Waals surface area contributed by atoms with Crippen LogP contribution in [0.3, 0.4) is 0 Å². The maximum atomic E-state index is 13.0. The summed E-state index contributed by atoms with van der Waals surface area (Å²) in [7, 11) is 3.93. The summed E-state index contributed by atoms with van der Waals surface area (Å²) in [6.45, 7) is 0. The Hall–Kier alpha value is -2.33. The van der Waals surface area contributed by atoms with Crippen molar-refractivity contribution in [2.75, 3.05) is 12.4 Å². The summed E-state index contributed by atoms with van der Waals surface area (Å²) < 4.78 is 20.9. The lowest BCUT2D eigenvalue weighted by Crippen LogP contribution is -2.21. The molecule has 1 aliphatic carbocycles. The molecule has 3 aromatic rings. The van der Waals surface area contributed by atoms with Crippen LogP contribution in [-0.2, 0) is 24.6 Å². The van der Waals surface area contributed by atoms with Gasteiger partial charge in [-0.2, -0.15) is 0 Å². The normalized spacial score (nSPS) is 17.0. The fraction of sp³-hybridized carbons (Fsp3) is 0.300. The number of anilines is 2. The molecule has 3 nitrogen and oxygen atoms in total. The van der Waals surface area contributed by atoms with E-state index in [-0.39, 0.29) is 5.82 Å². The summed E-state index contributed by atoms with van der Waals surface area (Å²) in [5.41, 5.74) is 5.95. The topological polar surface area (TPSA) is 26.2 Å². The van der Waals surface area contributed by atoms with Crippen LogP contribution >= 0.6 is 0 Å². The van der Waals surface area contributed by atoms with Gasteiger partial charge in [0.15, 0.2) is 0 Å². The van der Waals surface area contributed by atoms with Gasteiger partial charge in [-0.25, -0.2) is 4.39 Å². The molecule has 0 saturated carbocycles. The lowest BCUT2D eigenvalue weighted by molar-refractivity contribution is 0.0908. The molecule has 124 valence electrons. The molecular formula is C20H21FN2O. The van der Waals surface area contributed by atoms with E-state index in [0.717, 1.165) is 30.6 Å². The van der Waals surface area contributed by atoms with E-state index in [4.69, 9.17) is 4.74 Å². The Labute approximate surface area is 141 Å². The number of aryl methyl sites for hydroxylation is 1. The lowest BCUT2D eigenvalue weighted by atomic mass is 9.93. The third-order valence-corrected chi connectivity index (χ3v) is 5.04. The highest BCUT2D eigenvalue weighted by atomic mass is 19.1. The third-order valence-electron chi connectivity index (χ3n) is 5.04. The average Bonchev–Trinajstić information content (AvgIpc) is 2.89. The Bertz CT molecular complexity index is 883. The highest BCUT2D eigenvalue weighted by Crippen LogP contribution is 2.34. The second kappa shape index (κ2) is 5.95. The first-order valence-corrected chi connectivity index (χ1v) is 8.31. The molecule has 0 aliphatic heterocycles. The summed E-state index contributed by atoms with van der Waals surface area (Å²) in [6, 6.07) is 12.9. The van der Waals surface area contributed by atoms with Gasteiger partial charge in [0.1, 0.15) is 5.82 Å². The van der Waals surface area contributed by atoms with E-state index in [0.29, 0.717) is 6.10 Å². The quantitative estimate of drug-likeness (QED) is 0.764. The first kappa shape index (κ1) is 15.2. The Morgan fingerprint density at radius 1 is 1.12 bits per heavy atom. The fourth-order valence-corrected chi connectivity index (χ4v) is 3.72. The largest absolute Gasteiger partial charge is 0.381 e. The fourth-order valence-electron chi connectivity index (χ4n) is 3.72. The van der Waals surface area contributed by atoms with E-state index in [1.807, 2.05) is 0 Å². The van der Waals surface area contributed by atoms with Gasteiger partial charge in [0.25, 0.3) is 0 Å². The molecule has 1 N–H and O–H groups in total. The monoisotopic (exact) mass is 324 g/mol. The Morgan fingerprint density at radius 3 is 2.62 bits per heavy atom. The number of aromatic nitrogens is 1. The van der Waals surface area contributed by atoms with Crippen LogP contribution < -0.4 is 5.32 Å². The Morgan fingerprint density at radius 2 is 1.88 bits per heavy atom. The van der Waals surface area contributed by atoms with E-state index >= 15 is 0 Å². The number of hydrogen-bond donors (Lipinski definition) is 1. The molecule has 1 aromatic heterocycles. The van der Waals surface area contributed by atoms with Crippen LogP contribution in [0.1, 0.15) is 17.7 Å². The van der Waals surface area contributed by atoms with Crippen molar-refractivity contribution in [3.63, 3.8) is 0 Å². The number of methoxy groups -OCH3 is 1. The Balaban J connectivity index is 1.71. The van der Waals surface area contributed by atoms with Crippen LogP contribution in [0, 0.1) is 5.82 Å². The van der Waals surface area contributed by atoms with Gasteiger partial charge in [-0.1, -0.05) is 6.07 Å². The van der Waals surface area contributed by atoms with Crippen molar-refractivity contribution in [2.24, 2.45) is 7.05 Å². The summed E-state index contributed by atoms with van der Waals surface area (Å²) in [6.07, 6.45) is 3.43. The molecule has 4 rings (SSSR count). The lowest BCUT2D eigenvalue weighted by Gasteiger charge is -2.22. The van der Waals surface area contributed by atoms with Crippen molar-refractivity contribution < 1.29 is 9.13 Å². The molecule has 0 saturated heterocycles. The number of benzene rings is 2. The Kier molecular flexibility index (Phi) is 3.77. The SMILES string of the molecule is COC1CCc2c(c3ccc(Nc4ccc(F)cc4)cc3n2C)C1. The van der Waals surface area contributed by atoms with E-state index in [9.17, 15) is 4.39 Å². The van der Waals surface area contributed by atoms with Crippen LogP contribution in [0.25, 0.3) is 10.9 Å². The van der Waals surface area contributed by atoms with Crippen molar-refractivity contribution >= 4 is 22.3 Å². The predicted molar refractivity (Wildman–Crippen MR) is 95.4 cm³/mol. The zero-order valence-electron chi connectivity index (χ0n) is 14.0. The van der Waals surface area contributed by atoms with Crippen molar-refractivity contribution in [2.45, 2.75) is 25.4 Å². The van der Waals surface area contributed by atoms with Gasteiger partial charge in [0.2, 0.25) is 0 Å². The molecular weight excluding hydrogens is 303 g/mol. The van der Waals surface area contributed by atoms with Crippen LogP contribution in [0.2, 0.25) is 0 Å².